The summed E-state index contributed by atoms with van der Waals surface area (Å²) in [5.74, 6) is 0.154. The number of carbonyl (C=O) groups excluding carboxylic acids is 1. The molecule has 166 valence electrons. The fraction of sp³-hybridized carbons (Fsp3) is 0.500. The van der Waals surface area contributed by atoms with Gasteiger partial charge in [0.15, 0.2) is 0 Å². The van der Waals surface area contributed by atoms with Crippen LogP contribution in [0.3, 0.4) is 0 Å². The lowest BCUT2D eigenvalue weighted by atomic mass is 9.83. The highest BCUT2D eigenvalue weighted by Gasteiger charge is 2.32. The predicted molar refractivity (Wildman–Crippen MR) is 122 cm³/mol. The Bertz CT molecular complexity index is 880. The molecule has 0 bridgehead atoms. The Morgan fingerprint density at radius 3 is 2.65 bits per heavy atom. The fourth-order valence-electron chi connectivity index (χ4n) is 5.03. The number of benzene rings is 2. The molecule has 2 aliphatic rings. The van der Waals surface area contributed by atoms with Crippen LogP contribution in [0.5, 0.6) is 0 Å². The van der Waals surface area contributed by atoms with E-state index in [1.165, 1.54) is 30.0 Å². The second-order valence-corrected chi connectivity index (χ2v) is 9.17. The van der Waals surface area contributed by atoms with Crippen molar-refractivity contribution in [1.82, 2.24) is 15.1 Å². The van der Waals surface area contributed by atoms with Gasteiger partial charge in [0, 0.05) is 38.3 Å². The van der Waals surface area contributed by atoms with E-state index >= 15 is 0 Å². The van der Waals surface area contributed by atoms with Crippen molar-refractivity contribution in [2.45, 2.75) is 38.6 Å². The molecule has 0 unspecified atom stereocenters. The van der Waals surface area contributed by atoms with Crippen LogP contribution >= 0.6 is 0 Å². The predicted octanol–water partition coefficient (Wildman–Crippen LogP) is 3.95. The monoisotopic (exact) mass is 423 g/mol. The van der Waals surface area contributed by atoms with Crippen LogP contribution < -0.4 is 5.32 Å². The summed E-state index contributed by atoms with van der Waals surface area (Å²) >= 11 is 0. The molecule has 2 aliphatic heterocycles. The van der Waals surface area contributed by atoms with Crippen LogP contribution in [0.25, 0.3) is 0 Å². The first kappa shape index (κ1) is 22.0. The van der Waals surface area contributed by atoms with Crippen LogP contribution in [-0.2, 0) is 11.3 Å². The van der Waals surface area contributed by atoms with Gasteiger partial charge >= 0.3 is 0 Å². The lowest BCUT2D eigenvalue weighted by Crippen LogP contribution is -2.46. The number of nitrogens with zero attached hydrogens (tertiary/aromatic N) is 2. The van der Waals surface area contributed by atoms with Crippen molar-refractivity contribution in [3.05, 3.63) is 71.0 Å². The molecule has 0 aromatic heterocycles. The molecule has 4 nitrogen and oxygen atoms in total. The van der Waals surface area contributed by atoms with Gasteiger partial charge in [-0.15, -0.1) is 0 Å². The molecule has 4 rings (SSSR count). The molecule has 0 spiro atoms. The highest BCUT2D eigenvalue weighted by molar-refractivity contribution is 5.79. The van der Waals surface area contributed by atoms with Gasteiger partial charge in [-0.05, 0) is 56.8 Å². The fourth-order valence-corrected chi connectivity index (χ4v) is 5.03. The Morgan fingerprint density at radius 2 is 1.87 bits per heavy atom. The summed E-state index contributed by atoms with van der Waals surface area (Å²) in [5.41, 5.74) is 3.20. The summed E-state index contributed by atoms with van der Waals surface area (Å²) in [6.07, 6.45) is 3.37. The van der Waals surface area contributed by atoms with Crippen LogP contribution in [0.1, 0.15) is 41.9 Å². The maximum absolute atomic E-state index is 14.3. The molecule has 0 aliphatic carbocycles. The molecule has 0 radical (unpaired) electrons. The second kappa shape index (κ2) is 10.4. The van der Waals surface area contributed by atoms with E-state index in [1.54, 1.807) is 6.07 Å². The smallest absolute Gasteiger partial charge is 0.224 e. The van der Waals surface area contributed by atoms with Gasteiger partial charge in [-0.25, -0.2) is 4.39 Å². The number of halogens is 1. The first-order valence-electron chi connectivity index (χ1n) is 11.6. The zero-order valence-corrected chi connectivity index (χ0v) is 18.5. The third-order valence-corrected chi connectivity index (χ3v) is 6.69. The van der Waals surface area contributed by atoms with Gasteiger partial charge in [0.05, 0.1) is 5.92 Å². The standard InChI is InChI=1S/C26H34FN3O/c1-20-7-6-9-21(15-20)23-16-24(26(31)28-11-14-29-12-4-5-13-29)19-30(18-23)17-22-8-2-3-10-25(22)27/h2-3,6-10,15,23-24H,4-5,11-14,16-19H2,1H3,(H,28,31)/t23-,24+/m1/s1. The van der Waals surface area contributed by atoms with Crippen LogP contribution in [0.15, 0.2) is 48.5 Å². The Balaban J connectivity index is 1.44. The van der Waals surface area contributed by atoms with Crippen LogP contribution in [0.2, 0.25) is 0 Å². The Morgan fingerprint density at radius 1 is 1.06 bits per heavy atom. The highest BCUT2D eigenvalue weighted by Crippen LogP contribution is 2.32. The quantitative estimate of drug-likeness (QED) is 0.732. The largest absolute Gasteiger partial charge is 0.355 e. The zero-order chi connectivity index (χ0) is 21.6. The summed E-state index contributed by atoms with van der Waals surface area (Å²) < 4.78 is 14.3. The number of likely N-dealkylation sites (tertiary alicyclic amines) is 2. The van der Waals surface area contributed by atoms with Crippen molar-refractivity contribution in [3.8, 4) is 0 Å². The van der Waals surface area contributed by atoms with Gasteiger partial charge in [0.2, 0.25) is 5.91 Å². The van der Waals surface area contributed by atoms with E-state index in [0.717, 1.165) is 32.6 Å². The summed E-state index contributed by atoms with van der Waals surface area (Å²) in [5, 5.41) is 3.18. The minimum Gasteiger partial charge on any atom is -0.355 e. The van der Waals surface area contributed by atoms with Gasteiger partial charge < -0.3 is 10.2 Å². The van der Waals surface area contributed by atoms with E-state index in [-0.39, 0.29) is 23.6 Å². The van der Waals surface area contributed by atoms with Crippen LogP contribution in [0, 0.1) is 18.7 Å². The molecule has 1 N–H and O–H groups in total. The first-order valence-corrected chi connectivity index (χ1v) is 11.6. The average Bonchev–Trinajstić information content (AvgIpc) is 3.29. The number of amides is 1. The molecule has 0 saturated carbocycles. The normalized spacial score (nSPS) is 22.5. The lowest BCUT2D eigenvalue weighted by Gasteiger charge is -2.37. The van der Waals surface area contributed by atoms with E-state index < -0.39 is 0 Å². The van der Waals surface area contributed by atoms with E-state index in [1.807, 2.05) is 12.1 Å². The molecule has 2 aromatic rings. The van der Waals surface area contributed by atoms with Gasteiger partial charge in [-0.3, -0.25) is 9.69 Å². The van der Waals surface area contributed by atoms with Gasteiger partial charge in [0.25, 0.3) is 0 Å². The third-order valence-electron chi connectivity index (χ3n) is 6.69. The summed E-state index contributed by atoms with van der Waals surface area (Å²) in [4.78, 5) is 17.7. The Labute approximate surface area is 185 Å². The number of hydrogen-bond donors (Lipinski definition) is 1. The number of rotatable bonds is 7. The molecule has 5 heteroatoms. The molecular formula is C26H34FN3O. The number of hydrogen-bond acceptors (Lipinski definition) is 3. The first-order chi connectivity index (χ1) is 15.1. The van der Waals surface area contributed by atoms with Crippen molar-refractivity contribution in [3.63, 3.8) is 0 Å². The average molecular weight is 424 g/mol. The highest BCUT2D eigenvalue weighted by atomic mass is 19.1. The maximum atomic E-state index is 14.3. The second-order valence-electron chi connectivity index (χ2n) is 9.17. The topological polar surface area (TPSA) is 35.6 Å². The van der Waals surface area contributed by atoms with Crippen LogP contribution in [0.4, 0.5) is 4.39 Å². The number of piperidine rings is 1. The van der Waals surface area contributed by atoms with Gasteiger partial charge in [0.1, 0.15) is 5.82 Å². The minimum absolute atomic E-state index is 0.0791. The van der Waals surface area contributed by atoms with Crippen molar-refractivity contribution in [1.29, 1.82) is 0 Å². The van der Waals surface area contributed by atoms with Crippen molar-refractivity contribution >= 4 is 5.91 Å². The van der Waals surface area contributed by atoms with Gasteiger partial charge in [-0.1, -0.05) is 48.0 Å². The summed E-state index contributed by atoms with van der Waals surface area (Å²) in [7, 11) is 0. The Hall–Kier alpha value is -2.24. The summed E-state index contributed by atoms with van der Waals surface area (Å²) in [6.45, 7) is 8.08. The number of nitrogens with one attached hydrogen (secondary N) is 1. The van der Waals surface area contributed by atoms with E-state index in [0.29, 0.717) is 25.2 Å². The van der Waals surface area contributed by atoms with E-state index in [2.05, 4.69) is 46.3 Å². The molecule has 2 saturated heterocycles. The molecule has 1 amide bonds. The van der Waals surface area contributed by atoms with E-state index in [4.69, 9.17) is 0 Å². The molecule has 2 fully saturated rings. The Kier molecular flexibility index (Phi) is 7.36. The molecule has 2 aromatic carbocycles. The van der Waals surface area contributed by atoms with Crippen molar-refractivity contribution in [2.75, 3.05) is 39.3 Å². The SMILES string of the molecule is Cc1cccc([C@@H]2C[C@H](C(=O)NCCN3CCCC3)CN(Cc3ccccc3F)C2)c1. The third kappa shape index (κ3) is 5.92. The van der Waals surface area contributed by atoms with Gasteiger partial charge in [-0.2, -0.15) is 0 Å². The number of carbonyl (C=O) groups is 1. The lowest BCUT2D eigenvalue weighted by molar-refractivity contribution is -0.127. The molecule has 2 heterocycles. The van der Waals surface area contributed by atoms with Crippen molar-refractivity contribution in [2.24, 2.45) is 5.92 Å². The zero-order valence-electron chi connectivity index (χ0n) is 18.5. The summed E-state index contributed by atoms with van der Waals surface area (Å²) in [6, 6.07) is 15.5. The van der Waals surface area contributed by atoms with Crippen LogP contribution in [-0.4, -0.2) is 55.0 Å². The molecule has 31 heavy (non-hydrogen) atoms. The van der Waals surface area contributed by atoms with E-state index in [9.17, 15) is 9.18 Å². The molecule has 2 atom stereocenters. The molecular weight excluding hydrogens is 389 g/mol. The maximum Gasteiger partial charge on any atom is 0.224 e. The minimum atomic E-state index is -0.174. The number of aryl methyl sites for hydroxylation is 1. The van der Waals surface area contributed by atoms with Crippen molar-refractivity contribution < 1.29 is 9.18 Å².